The van der Waals surface area contributed by atoms with Crippen LogP contribution in [0.3, 0.4) is 0 Å². The Hall–Kier alpha value is -1.02. The molecule has 1 aromatic rings. The fourth-order valence-corrected chi connectivity index (χ4v) is 2.92. The maximum atomic E-state index is 3.60. The van der Waals surface area contributed by atoms with Crippen LogP contribution in [0.1, 0.15) is 45.6 Å². The first-order valence-electron chi connectivity index (χ1n) is 7.99. The summed E-state index contributed by atoms with van der Waals surface area (Å²) in [7, 11) is 2.21. The molecule has 1 N–H and O–H groups in total. The topological polar surface area (TPSA) is 15.3 Å². The summed E-state index contributed by atoms with van der Waals surface area (Å²) in [4.78, 5) is 2.40. The van der Waals surface area contributed by atoms with Crippen LogP contribution in [-0.4, -0.2) is 26.7 Å². The van der Waals surface area contributed by atoms with E-state index >= 15 is 0 Å². The smallest absolute Gasteiger partial charge is 0.0366 e. The normalized spacial score (nSPS) is 14.1. The molecule has 114 valence electrons. The van der Waals surface area contributed by atoms with Crippen LogP contribution < -0.4 is 10.2 Å². The largest absolute Gasteiger partial charge is 0.374 e. The Balaban J connectivity index is 2.68. The summed E-state index contributed by atoms with van der Waals surface area (Å²) in [6, 6.07) is 8.78. The van der Waals surface area contributed by atoms with Crippen molar-refractivity contribution in [2.45, 2.75) is 47.0 Å². The van der Waals surface area contributed by atoms with Gasteiger partial charge in [0.25, 0.3) is 0 Å². The average molecular weight is 276 g/mol. The number of rotatable bonds is 9. The molecular formula is C18H32N2. The van der Waals surface area contributed by atoms with Crippen LogP contribution in [0, 0.1) is 12.3 Å². The van der Waals surface area contributed by atoms with Crippen LogP contribution in [0.15, 0.2) is 24.3 Å². The van der Waals surface area contributed by atoms with Gasteiger partial charge in [-0.3, -0.25) is 0 Å². The highest BCUT2D eigenvalue weighted by molar-refractivity contribution is 5.47. The monoisotopic (exact) mass is 276 g/mol. The molecule has 0 aromatic heterocycles. The van der Waals surface area contributed by atoms with Crippen LogP contribution >= 0.6 is 0 Å². The van der Waals surface area contributed by atoms with E-state index in [-0.39, 0.29) is 0 Å². The molecule has 0 amide bonds. The van der Waals surface area contributed by atoms with Crippen molar-refractivity contribution < 1.29 is 0 Å². The van der Waals surface area contributed by atoms with Gasteiger partial charge in [0.1, 0.15) is 0 Å². The molecule has 0 heterocycles. The lowest BCUT2D eigenvalue weighted by atomic mass is 9.84. The third-order valence-electron chi connectivity index (χ3n) is 3.89. The molecule has 0 saturated carbocycles. The number of hydrogen-bond acceptors (Lipinski definition) is 2. The van der Waals surface area contributed by atoms with Gasteiger partial charge in [-0.15, -0.1) is 0 Å². The van der Waals surface area contributed by atoms with E-state index in [1.807, 2.05) is 0 Å². The summed E-state index contributed by atoms with van der Waals surface area (Å²) in [5.74, 6) is 0. The molecule has 0 bridgehead atoms. The van der Waals surface area contributed by atoms with Gasteiger partial charge in [0.05, 0.1) is 0 Å². The molecule has 1 atom stereocenters. The molecule has 1 aromatic carbocycles. The lowest BCUT2D eigenvalue weighted by Crippen LogP contribution is -2.41. The van der Waals surface area contributed by atoms with Gasteiger partial charge in [-0.2, -0.15) is 0 Å². The van der Waals surface area contributed by atoms with Crippen molar-refractivity contribution in [1.29, 1.82) is 0 Å². The van der Waals surface area contributed by atoms with Crippen LogP contribution in [-0.2, 0) is 0 Å². The highest BCUT2D eigenvalue weighted by Gasteiger charge is 2.25. The Morgan fingerprint density at radius 2 is 1.95 bits per heavy atom. The summed E-state index contributed by atoms with van der Waals surface area (Å²) in [6.45, 7) is 12.4. The maximum absolute atomic E-state index is 3.60. The van der Waals surface area contributed by atoms with Crippen LogP contribution in [0.2, 0.25) is 0 Å². The van der Waals surface area contributed by atoms with Crippen molar-refractivity contribution in [3.8, 4) is 0 Å². The van der Waals surface area contributed by atoms with E-state index in [0.29, 0.717) is 5.41 Å². The van der Waals surface area contributed by atoms with Crippen LogP contribution in [0.5, 0.6) is 0 Å². The molecule has 20 heavy (non-hydrogen) atoms. The minimum Gasteiger partial charge on any atom is -0.374 e. The van der Waals surface area contributed by atoms with Gasteiger partial charge in [-0.25, -0.2) is 0 Å². The quantitative estimate of drug-likeness (QED) is 0.679. The second-order valence-electron chi connectivity index (χ2n) is 6.43. The first-order valence-corrected chi connectivity index (χ1v) is 7.99. The first kappa shape index (κ1) is 17.0. The van der Waals surface area contributed by atoms with Crippen molar-refractivity contribution in [1.82, 2.24) is 5.32 Å². The minimum atomic E-state index is 0.336. The summed E-state index contributed by atoms with van der Waals surface area (Å²) >= 11 is 0. The van der Waals surface area contributed by atoms with Crippen LogP contribution in [0.25, 0.3) is 0 Å². The number of nitrogens with zero attached hydrogens (tertiary/aromatic N) is 1. The zero-order chi connectivity index (χ0) is 15.0. The predicted octanol–water partition coefficient (Wildman–Crippen LogP) is 4.24. The highest BCUT2D eigenvalue weighted by Crippen LogP contribution is 2.26. The second kappa shape index (κ2) is 8.31. The van der Waals surface area contributed by atoms with Gasteiger partial charge < -0.3 is 10.2 Å². The number of hydrogen-bond donors (Lipinski definition) is 1. The molecule has 0 spiro atoms. The molecule has 0 saturated heterocycles. The highest BCUT2D eigenvalue weighted by atomic mass is 15.1. The number of benzene rings is 1. The molecule has 0 fully saturated rings. The van der Waals surface area contributed by atoms with Gasteiger partial charge in [0.2, 0.25) is 0 Å². The summed E-state index contributed by atoms with van der Waals surface area (Å²) in [5.41, 5.74) is 2.99. The van der Waals surface area contributed by atoms with E-state index in [0.717, 1.165) is 19.6 Å². The van der Waals surface area contributed by atoms with Crippen molar-refractivity contribution >= 4 is 5.69 Å². The standard InChI is InChI=1S/C18H32N2/c1-6-11-18(4,14-19-12-7-2)15-20(5)17-10-8-9-16(3)13-17/h8-10,13,19H,6-7,11-12,14-15H2,1-5H3. The van der Waals surface area contributed by atoms with Crippen molar-refractivity contribution in [2.24, 2.45) is 5.41 Å². The Kier molecular flexibility index (Phi) is 7.08. The number of anilines is 1. The molecule has 1 rings (SSSR count). The Morgan fingerprint density at radius 3 is 2.55 bits per heavy atom. The van der Waals surface area contributed by atoms with Gasteiger partial charge in [0, 0.05) is 25.8 Å². The molecule has 0 radical (unpaired) electrons. The van der Waals surface area contributed by atoms with Crippen LogP contribution in [0.4, 0.5) is 5.69 Å². The fraction of sp³-hybridized carbons (Fsp3) is 0.667. The summed E-state index contributed by atoms with van der Waals surface area (Å²) < 4.78 is 0. The molecule has 0 aliphatic rings. The second-order valence-corrected chi connectivity index (χ2v) is 6.43. The third-order valence-corrected chi connectivity index (χ3v) is 3.89. The average Bonchev–Trinajstić information content (AvgIpc) is 2.39. The Bertz CT molecular complexity index is 389. The number of aryl methyl sites for hydroxylation is 1. The third kappa shape index (κ3) is 5.54. The molecule has 0 aliphatic heterocycles. The zero-order valence-corrected chi connectivity index (χ0v) is 14.0. The van der Waals surface area contributed by atoms with E-state index in [2.05, 4.69) is 69.2 Å². The van der Waals surface area contributed by atoms with E-state index in [9.17, 15) is 0 Å². The molecule has 2 nitrogen and oxygen atoms in total. The number of nitrogens with one attached hydrogen (secondary N) is 1. The minimum absolute atomic E-state index is 0.336. The zero-order valence-electron chi connectivity index (χ0n) is 14.0. The predicted molar refractivity (Wildman–Crippen MR) is 90.6 cm³/mol. The van der Waals surface area contributed by atoms with Crippen molar-refractivity contribution in [3.05, 3.63) is 29.8 Å². The van der Waals surface area contributed by atoms with Crippen molar-refractivity contribution in [2.75, 3.05) is 31.6 Å². The lowest BCUT2D eigenvalue weighted by Gasteiger charge is -2.35. The van der Waals surface area contributed by atoms with E-state index < -0.39 is 0 Å². The van der Waals surface area contributed by atoms with Gasteiger partial charge in [0.15, 0.2) is 0 Å². The fourth-order valence-electron chi connectivity index (χ4n) is 2.92. The summed E-state index contributed by atoms with van der Waals surface area (Å²) in [5, 5.41) is 3.60. The van der Waals surface area contributed by atoms with E-state index in [1.165, 1.54) is 30.5 Å². The van der Waals surface area contributed by atoms with Gasteiger partial charge in [-0.05, 0) is 49.4 Å². The molecule has 2 heteroatoms. The molecular weight excluding hydrogens is 244 g/mol. The summed E-state index contributed by atoms with van der Waals surface area (Å²) in [6.07, 6.45) is 3.71. The Labute approximate surface area is 125 Å². The Morgan fingerprint density at radius 1 is 1.20 bits per heavy atom. The van der Waals surface area contributed by atoms with E-state index in [4.69, 9.17) is 0 Å². The maximum Gasteiger partial charge on any atom is 0.0366 e. The van der Waals surface area contributed by atoms with Crippen molar-refractivity contribution in [3.63, 3.8) is 0 Å². The SMILES string of the molecule is CCCNCC(C)(CCC)CN(C)c1cccc(C)c1. The van der Waals surface area contributed by atoms with Gasteiger partial charge >= 0.3 is 0 Å². The first-order chi connectivity index (χ1) is 9.50. The molecule has 1 unspecified atom stereocenters. The van der Waals surface area contributed by atoms with E-state index in [1.54, 1.807) is 0 Å². The van der Waals surface area contributed by atoms with Gasteiger partial charge in [-0.1, -0.05) is 39.3 Å². The molecule has 0 aliphatic carbocycles. The lowest BCUT2D eigenvalue weighted by molar-refractivity contribution is 0.284.